The Morgan fingerprint density at radius 1 is 0.641 bits per heavy atom. The standard InChI is InChI=1S/C11H14N2.2C10H13N3/c1-5-9-7-12-8-10(13-9)6-11(2,3)4;1-10(2,3)4-8-6-13-9(5-11)7-12-8;1-10(2,3)6-8-9(7-11)13-5-4-12-8/h1,7-8H,6H2,2-4H3;6-7H,4H2,1-3H3;4-5H,6H2,1-3H3. The lowest BCUT2D eigenvalue weighted by Gasteiger charge is -2.17. The molecular formula is C31H40N8. The molecule has 0 N–H and O–H groups in total. The summed E-state index contributed by atoms with van der Waals surface area (Å²) in [5.41, 5.74) is 4.69. The molecule has 0 aliphatic rings. The summed E-state index contributed by atoms with van der Waals surface area (Å²) in [6.07, 6.45) is 17.5. The van der Waals surface area contributed by atoms with E-state index in [1.54, 1.807) is 31.0 Å². The zero-order chi connectivity index (χ0) is 29.7. The fraction of sp³-hybridized carbons (Fsp3) is 0.484. The molecule has 8 nitrogen and oxygen atoms in total. The molecule has 0 saturated heterocycles. The Morgan fingerprint density at radius 2 is 1.23 bits per heavy atom. The highest BCUT2D eigenvalue weighted by molar-refractivity contribution is 5.25. The number of nitriles is 2. The van der Waals surface area contributed by atoms with Crippen LogP contribution >= 0.6 is 0 Å². The lowest BCUT2D eigenvalue weighted by Crippen LogP contribution is -2.12. The zero-order valence-corrected chi connectivity index (χ0v) is 24.7. The van der Waals surface area contributed by atoms with Crippen LogP contribution < -0.4 is 0 Å². The lowest BCUT2D eigenvalue weighted by atomic mass is 9.90. The molecule has 0 aliphatic carbocycles. The molecular weight excluding hydrogens is 484 g/mol. The number of nitrogens with zero attached hydrogens (tertiary/aromatic N) is 8. The SMILES string of the molecule is C#Cc1cncc(CC(C)(C)C)n1.CC(C)(C)Cc1cnc(C#N)cn1.CC(C)(C)Cc1nccnc1C#N. The van der Waals surface area contributed by atoms with Crippen molar-refractivity contribution in [3.05, 3.63) is 71.3 Å². The fourth-order valence-electron chi connectivity index (χ4n) is 3.24. The first kappa shape index (κ1) is 32.8. The minimum Gasteiger partial charge on any atom is -0.260 e. The molecule has 0 saturated carbocycles. The Morgan fingerprint density at radius 3 is 1.72 bits per heavy atom. The van der Waals surface area contributed by atoms with E-state index in [1.807, 2.05) is 12.1 Å². The molecule has 3 rings (SSSR count). The minimum atomic E-state index is 0.141. The third kappa shape index (κ3) is 14.9. The molecule has 0 amide bonds. The maximum Gasteiger partial charge on any atom is 0.161 e. The topological polar surface area (TPSA) is 125 Å². The lowest BCUT2D eigenvalue weighted by molar-refractivity contribution is 0.405. The van der Waals surface area contributed by atoms with E-state index in [1.165, 1.54) is 6.20 Å². The predicted molar refractivity (Wildman–Crippen MR) is 153 cm³/mol. The Kier molecular flexibility index (Phi) is 12.3. The van der Waals surface area contributed by atoms with Gasteiger partial charge in [0.05, 0.1) is 29.5 Å². The fourth-order valence-corrected chi connectivity index (χ4v) is 3.24. The number of hydrogen-bond donors (Lipinski definition) is 0. The monoisotopic (exact) mass is 524 g/mol. The molecule has 3 heterocycles. The number of terminal acetylenes is 1. The van der Waals surface area contributed by atoms with Gasteiger partial charge in [-0.25, -0.2) is 15.0 Å². The van der Waals surface area contributed by atoms with E-state index in [2.05, 4.69) is 98.1 Å². The molecule has 8 heteroatoms. The van der Waals surface area contributed by atoms with Crippen LogP contribution in [0.2, 0.25) is 0 Å². The number of hydrogen-bond acceptors (Lipinski definition) is 8. The normalized spacial score (nSPS) is 10.9. The van der Waals surface area contributed by atoms with E-state index < -0.39 is 0 Å². The minimum absolute atomic E-state index is 0.141. The van der Waals surface area contributed by atoms with Crippen LogP contribution in [0, 0.1) is 51.3 Å². The summed E-state index contributed by atoms with van der Waals surface area (Å²) in [6, 6.07) is 3.99. The largest absolute Gasteiger partial charge is 0.260 e. The third-order valence-electron chi connectivity index (χ3n) is 4.65. The Hall–Kier alpha value is -4.22. The van der Waals surface area contributed by atoms with Crippen molar-refractivity contribution in [3.63, 3.8) is 0 Å². The predicted octanol–water partition coefficient (Wildman–Crippen LogP) is 5.92. The second-order valence-electron chi connectivity index (χ2n) is 12.7. The van der Waals surface area contributed by atoms with Gasteiger partial charge in [-0.1, -0.05) is 62.3 Å². The zero-order valence-electron chi connectivity index (χ0n) is 24.7. The van der Waals surface area contributed by atoms with Crippen molar-refractivity contribution in [2.45, 2.75) is 81.6 Å². The van der Waals surface area contributed by atoms with Crippen LogP contribution in [0.3, 0.4) is 0 Å². The summed E-state index contributed by atoms with van der Waals surface area (Å²) < 4.78 is 0. The van der Waals surface area contributed by atoms with Gasteiger partial charge in [-0.3, -0.25) is 15.0 Å². The summed E-state index contributed by atoms with van der Waals surface area (Å²) in [5.74, 6) is 2.48. The second-order valence-corrected chi connectivity index (χ2v) is 12.7. The molecule has 0 spiro atoms. The van der Waals surface area contributed by atoms with E-state index in [4.69, 9.17) is 16.9 Å². The van der Waals surface area contributed by atoms with Crippen LogP contribution in [0.4, 0.5) is 0 Å². The summed E-state index contributed by atoms with van der Waals surface area (Å²) in [4.78, 5) is 24.5. The molecule has 0 aromatic carbocycles. The van der Waals surface area contributed by atoms with Crippen LogP contribution in [0.25, 0.3) is 0 Å². The maximum absolute atomic E-state index is 8.76. The molecule has 0 fully saturated rings. The van der Waals surface area contributed by atoms with Crippen molar-refractivity contribution in [3.8, 4) is 24.5 Å². The third-order valence-corrected chi connectivity index (χ3v) is 4.65. The van der Waals surface area contributed by atoms with Gasteiger partial charge in [0.25, 0.3) is 0 Å². The first-order chi connectivity index (χ1) is 18.0. The molecule has 0 atom stereocenters. The Bertz CT molecular complexity index is 1300. The van der Waals surface area contributed by atoms with Crippen molar-refractivity contribution in [2.24, 2.45) is 16.2 Å². The van der Waals surface area contributed by atoms with E-state index in [-0.39, 0.29) is 16.2 Å². The highest BCUT2D eigenvalue weighted by Crippen LogP contribution is 2.20. The highest BCUT2D eigenvalue weighted by Gasteiger charge is 2.15. The van der Waals surface area contributed by atoms with Crippen LogP contribution in [0.1, 0.15) is 96.5 Å². The van der Waals surface area contributed by atoms with Gasteiger partial charge in [-0.2, -0.15) is 10.5 Å². The molecule has 0 bridgehead atoms. The molecule has 0 unspecified atom stereocenters. The van der Waals surface area contributed by atoms with Crippen molar-refractivity contribution in [1.29, 1.82) is 10.5 Å². The van der Waals surface area contributed by atoms with Crippen LogP contribution in [-0.4, -0.2) is 29.9 Å². The second kappa shape index (κ2) is 14.6. The number of aromatic nitrogens is 6. The molecule has 204 valence electrons. The van der Waals surface area contributed by atoms with Crippen LogP contribution in [0.15, 0.2) is 37.2 Å². The van der Waals surface area contributed by atoms with E-state index in [9.17, 15) is 0 Å². The van der Waals surface area contributed by atoms with Gasteiger partial charge in [-0.15, -0.1) is 6.42 Å². The van der Waals surface area contributed by atoms with E-state index >= 15 is 0 Å². The first-order valence-corrected chi connectivity index (χ1v) is 12.7. The summed E-state index contributed by atoms with van der Waals surface area (Å²) >= 11 is 0. The van der Waals surface area contributed by atoms with Crippen molar-refractivity contribution in [2.75, 3.05) is 0 Å². The van der Waals surface area contributed by atoms with Gasteiger partial charge < -0.3 is 0 Å². The molecule has 39 heavy (non-hydrogen) atoms. The van der Waals surface area contributed by atoms with Gasteiger partial charge in [-0.05, 0) is 41.4 Å². The van der Waals surface area contributed by atoms with E-state index in [0.29, 0.717) is 17.1 Å². The van der Waals surface area contributed by atoms with Crippen molar-refractivity contribution in [1.82, 2.24) is 29.9 Å². The van der Waals surface area contributed by atoms with Gasteiger partial charge in [0.1, 0.15) is 17.8 Å². The van der Waals surface area contributed by atoms with E-state index in [0.717, 1.165) is 36.3 Å². The molecule has 0 radical (unpaired) electrons. The highest BCUT2D eigenvalue weighted by atomic mass is 14.8. The molecule has 0 aliphatic heterocycles. The van der Waals surface area contributed by atoms with Gasteiger partial charge in [0.2, 0.25) is 0 Å². The molecule has 3 aromatic rings. The summed E-state index contributed by atoms with van der Waals surface area (Å²) in [6.45, 7) is 19.3. The summed E-state index contributed by atoms with van der Waals surface area (Å²) in [7, 11) is 0. The quantitative estimate of drug-likeness (QED) is 0.387. The number of rotatable bonds is 3. The summed E-state index contributed by atoms with van der Waals surface area (Å²) in [5, 5.41) is 17.3. The average molecular weight is 525 g/mol. The smallest absolute Gasteiger partial charge is 0.161 e. The molecule has 3 aromatic heterocycles. The van der Waals surface area contributed by atoms with Crippen LogP contribution in [-0.2, 0) is 19.3 Å². The van der Waals surface area contributed by atoms with Crippen molar-refractivity contribution >= 4 is 0 Å². The van der Waals surface area contributed by atoms with Gasteiger partial charge >= 0.3 is 0 Å². The average Bonchev–Trinajstić information content (AvgIpc) is 2.83. The maximum atomic E-state index is 8.76. The van der Waals surface area contributed by atoms with Gasteiger partial charge in [0.15, 0.2) is 11.4 Å². The Labute approximate surface area is 234 Å². The Balaban J connectivity index is 0.000000292. The van der Waals surface area contributed by atoms with Crippen molar-refractivity contribution < 1.29 is 0 Å². The first-order valence-electron chi connectivity index (χ1n) is 12.7. The van der Waals surface area contributed by atoms with Gasteiger partial charge in [0, 0.05) is 24.8 Å². The van der Waals surface area contributed by atoms with Crippen LogP contribution in [0.5, 0.6) is 0 Å².